The van der Waals surface area contributed by atoms with E-state index in [1.165, 1.54) is 13.4 Å². The van der Waals surface area contributed by atoms with Gasteiger partial charge in [0.15, 0.2) is 17.0 Å². The number of ether oxygens (including phenoxy) is 3. The lowest BCUT2D eigenvalue weighted by Crippen LogP contribution is -2.19. The molecule has 0 bridgehead atoms. The zero-order chi connectivity index (χ0) is 25.1. The number of amides is 1. The second-order valence-electron chi connectivity index (χ2n) is 8.01. The Morgan fingerprint density at radius 2 is 1.89 bits per heavy atom. The second-order valence-corrected chi connectivity index (χ2v) is 8.22. The Morgan fingerprint density at radius 3 is 2.67 bits per heavy atom. The molecule has 0 radical (unpaired) electrons. The van der Waals surface area contributed by atoms with Crippen LogP contribution in [0.3, 0.4) is 0 Å². The van der Waals surface area contributed by atoms with Crippen molar-refractivity contribution in [2.45, 2.75) is 24.9 Å². The summed E-state index contributed by atoms with van der Waals surface area (Å²) in [5.74, 6) is -0.494. The van der Waals surface area contributed by atoms with E-state index in [4.69, 9.17) is 25.8 Å². The van der Waals surface area contributed by atoms with E-state index >= 15 is 0 Å². The van der Waals surface area contributed by atoms with Crippen LogP contribution in [-0.4, -0.2) is 50.7 Å². The minimum absolute atomic E-state index is 0.0415. The second kappa shape index (κ2) is 10.4. The van der Waals surface area contributed by atoms with E-state index in [-0.39, 0.29) is 17.8 Å². The van der Waals surface area contributed by atoms with Gasteiger partial charge < -0.3 is 19.5 Å². The molecule has 1 N–H and O–H groups in total. The molecule has 2 aromatic heterocycles. The number of aromatic nitrogens is 4. The molecule has 0 spiro atoms. The van der Waals surface area contributed by atoms with Gasteiger partial charge in [-0.15, -0.1) is 0 Å². The molecule has 3 heterocycles. The Labute approximate surface area is 211 Å². The third-order valence-electron chi connectivity index (χ3n) is 5.96. The summed E-state index contributed by atoms with van der Waals surface area (Å²) in [7, 11) is 1.33. The third-order valence-corrected chi connectivity index (χ3v) is 6.09. The minimum atomic E-state index is -0.583. The highest BCUT2D eigenvalue weighted by molar-refractivity contribution is 6.17. The number of esters is 1. The number of benzene rings is 2. The molecule has 10 nitrogen and oxygen atoms in total. The number of fused-ring (bicyclic) bond motifs is 1. The number of methoxy groups -OCH3 is 1. The molecular formula is C25H22ClN5O5. The van der Waals surface area contributed by atoms with Gasteiger partial charge in [0.25, 0.3) is 5.91 Å². The fourth-order valence-electron chi connectivity index (χ4n) is 4.29. The Hall–Kier alpha value is -3.86. The molecular weight excluding hydrogens is 486 g/mol. The first-order valence-electron chi connectivity index (χ1n) is 11.1. The summed E-state index contributed by atoms with van der Waals surface area (Å²) in [6.45, 7) is 0. The van der Waals surface area contributed by atoms with Gasteiger partial charge in [-0.1, -0.05) is 48.0 Å². The molecule has 1 amide bonds. The first-order valence-corrected chi connectivity index (χ1v) is 11.7. The summed E-state index contributed by atoms with van der Waals surface area (Å²) in [5, 5.41) is 2.79. The molecule has 11 heteroatoms. The molecule has 0 aliphatic carbocycles. The Bertz CT molecular complexity index is 1400. The summed E-state index contributed by atoms with van der Waals surface area (Å²) in [6.07, 6.45) is 1.82. The summed E-state index contributed by atoms with van der Waals surface area (Å²) in [4.78, 5) is 38.0. The highest BCUT2D eigenvalue weighted by Crippen LogP contribution is 2.42. The highest BCUT2D eigenvalue weighted by Gasteiger charge is 2.40. The average molecular weight is 508 g/mol. The molecule has 0 saturated carbocycles. The van der Waals surface area contributed by atoms with Gasteiger partial charge in [-0.25, -0.2) is 19.7 Å². The maximum absolute atomic E-state index is 12.6. The molecule has 4 aromatic rings. The minimum Gasteiger partial charge on any atom is -0.465 e. The van der Waals surface area contributed by atoms with Gasteiger partial charge in [0.1, 0.15) is 24.7 Å². The van der Waals surface area contributed by atoms with E-state index in [1.807, 2.05) is 12.1 Å². The molecule has 1 saturated heterocycles. The van der Waals surface area contributed by atoms with Crippen LogP contribution in [0.5, 0.6) is 0 Å². The Kier molecular flexibility index (Phi) is 6.90. The van der Waals surface area contributed by atoms with E-state index in [9.17, 15) is 9.59 Å². The van der Waals surface area contributed by atoms with Crippen LogP contribution in [-0.2, 0) is 14.2 Å². The lowest BCUT2D eigenvalue weighted by Gasteiger charge is -2.20. The summed E-state index contributed by atoms with van der Waals surface area (Å²) < 4.78 is 18.8. The standard InChI is InChI=1S/C25H22ClN5O5/c1-34-25(33)17-10-6-5-9-16(17)21-18(35-12-26)11-19(36-21)31-14-29-20-22(27-13-28-23(20)31)30-24(32)15-7-3-2-4-8-15/h2-10,13-14,18-19,21H,11-12H2,1H3,(H,27,28,30,32)/t18-,19+,21+/m0/s1. The molecule has 1 aliphatic heterocycles. The molecule has 3 atom stereocenters. The largest absolute Gasteiger partial charge is 0.465 e. The number of hydrogen-bond donors (Lipinski definition) is 1. The molecule has 0 unspecified atom stereocenters. The van der Waals surface area contributed by atoms with E-state index in [1.54, 1.807) is 53.4 Å². The van der Waals surface area contributed by atoms with E-state index in [2.05, 4.69) is 20.3 Å². The number of carbonyl (C=O) groups is 2. The van der Waals surface area contributed by atoms with Crippen LogP contribution in [0, 0.1) is 0 Å². The van der Waals surface area contributed by atoms with Crippen LogP contribution in [0.2, 0.25) is 0 Å². The number of rotatable bonds is 7. The van der Waals surface area contributed by atoms with Gasteiger partial charge in [-0.05, 0) is 23.8 Å². The zero-order valence-electron chi connectivity index (χ0n) is 19.2. The number of alkyl halides is 1. The van der Waals surface area contributed by atoms with Crippen molar-refractivity contribution in [3.8, 4) is 0 Å². The van der Waals surface area contributed by atoms with E-state index < -0.39 is 24.4 Å². The molecule has 1 aliphatic rings. The molecule has 36 heavy (non-hydrogen) atoms. The van der Waals surface area contributed by atoms with Gasteiger partial charge in [-0.2, -0.15) is 0 Å². The number of nitrogens with zero attached hydrogens (tertiary/aromatic N) is 4. The molecule has 184 valence electrons. The van der Waals surface area contributed by atoms with Crippen molar-refractivity contribution >= 4 is 40.5 Å². The predicted molar refractivity (Wildman–Crippen MR) is 131 cm³/mol. The predicted octanol–water partition coefficient (Wildman–Crippen LogP) is 4.11. The van der Waals surface area contributed by atoms with E-state index in [0.717, 1.165) is 0 Å². The van der Waals surface area contributed by atoms with E-state index in [0.29, 0.717) is 34.3 Å². The topological polar surface area (TPSA) is 117 Å². The van der Waals surface area contributed by atoms with Crippen molar-refractivity contribution in [1.29, 1.82) is 0 Å². The van der Waals surface area contributed by atoms with Gasteiger partial charge in [0.05, 0.1) is 25.1 Å². The zero-order valence-corrected chi connectivity index (χ0v) is 20.0. The van der Waals surface area contributed by atoms with Crippen LogP contribution in [0.1, 0.15) is 45.0 Å². The highest BCUT2D eigenvalue weighted by atomic mass is 35.5. The third kappa shape index (κ3) is 4.53. The monoisotopic (exact) mass is 507 g/mol. The molecule has 1 fully saturated rings. The van der Waals surface area contributed by atoms with Crippen LogP contribution in [0.25, 0.3) is 11.2 Å². The number of halogens is 1. The summed E-state index contributed by atoms with van der Waals surface area (Å²) in [6, 6.07) is 15.8. The van der Waals surface area contributed by atoms with Crippen molar-refractivity contribution in [2.75, 3.05) is 18.5 Å². The van der Waals surface area contributed by atoms with Crippen LogP contribution in [0.15, 0.2) is 67.3 Å². The van der Waals surface area contributed by atoms with Gasteiger partial charge in [0, 0.05) is 12.0 Å². The number of carbonyl (C=O) groups excluding carboxylic acids is 2. The smallest absolute Gasteiger partial charge is 0.338 e. The average Bonchev–Trinajstić information content (AvgIpc) is 3.54. The number of nitrogens with one attached hydrogen (secondary N) is 1. The van der Waals surface area contributed by atoms with Crippen LogP contribution >= 0.6 is 11.6 Å². The Morgan fingerprint density at radius 1 is 1.11 bits per heavy atom. The van der Waals surface area contributed by atoms with Crippen molar-refractivity contribution in [3.63, 3.8) is 0 Å². The van der Waals surface area contributed by atoms with Crippen molar-refractivity contribution in [2.24, 2.45) is 0 Å². The first kappa shape index (κ1) is 23.9. The maximum atomic E-state index is 12.6. The first-order chi connectivity index (χ1) is 17.6. The molecule has 5 rings (SSSR count). The Balaban J connectivity index is 1.45. The normalized spacial score (nSPS) is 19.3. The van der Waals surface area contributed by atoms with Gasteiger partial charge in [-0.3, -0.25) is 9.36 Å². The van der Waals surface area contributed by atoms with Gasteiger partial charge >= 0.3 is 5.97 Å². The van der Waals surface area contributed by atoms with Crippen LogP contribution < -0.4 is 5.32 Å². The van der Waals surface area contributed by atoms with Gasteiger partial charge in [0.2, 0.25) is 0 Å². The summed E-state index contributed by atoms with van der Waals surface area (Å²) >= 11 is 5.90. The van der Waals surface area contributed by atoms with Crippen molar-refractivity contribution < 1.29 is 23.8 Å². The fraction of sp³-hybridized carbons (Fsp3) is 0.240. The lowest BCUT2D eigenvalue weighted by atomic mass is 9.98. The SMILES string of the molecule is COC(=O)c1ccccc1[C@H]1O[C@@H](n2cnc3c(NC(=O)c4ccccc4)ncnc32)C[C@@H]1OCCl. The van der Waals surface area contributed by atoms with Crippen molar-refractivity contribution in [3.05, 3.63) is 83.9 Å². The fourth-order valence-corrected chi connectivity index (χ4v) is 4.45. The maximum Gasteiger partial charge on any atom is 0.338 e. The number of hydrogen-bond acceptors (Lipinski definition) is 8. The lowest BCUT2D eigenvalue weighted by molar-refractivity contribution is -0.0313. The molecule has 2 aromatic carbocycles. The quantitative estimate of drug-likeness (QED) is 0.293. The summed E-state index contributed by atoms with van der Waals surface area (Å²) in [5.41, 5.74) is 2.41. The van der Waals surface area contributed by atoms with Crippen LogP contribution in [0.4, 0.5) is 5.82 Å². The number of imidazole rings is 1. The number of anilines is 1. The van der Waals surface area contributed by atoms with Crippen molar-refractivity contribution in [1.82, 2.24) is 19.5 Å².